The number of hydrogen-bond donors (Lipinski definition) is 0. The Morgan fingerprint density at radius 2 is 2.20 bits per heavy atom. The second-order valence-corrected chi connectivity index (χ2v) is 6.83. The Labute approximate surface area is 143 Å². The van der Waals surface area contributed by atoms with Gasteiger partial charge in [0, 0.05) is 25.7 Å². The van der Waals surface area contributed by atoms with E-state index in [1.54, 1.807) is 12.4 Å². The standard InChI is InChI=1S/C16H20F2N6O/c1-2-24-12(5-6-20-24)15(25)23-9-16(17,18)7-13(23)14-21-19-10-22(14)8-11-3-4-11/h5-6,10-11,13H,2-4,7-9H2,1H3/t13-/m0/s1. The van der Waals surface area contributed by atoms with Crippen LogP contribution in [-0.2, 0) is 13.1 Å². The van der Waals surface area contributed by atoms with Gasteiger partial charge in [-0.3, -0.25) is 9.48 Å². The average Bonchev–Trinajstić information content (AvgIpc) is 2.99. The van der Waals surface area contributed by atoms with E-state index in [2.05, 4.69) is 15.3 Å². The molecule has 0 aromatic carbocycles. The number of amides is 1. The fraction of sp³-hybridized carbons (Fsp3) is 0.625. The van der Waals surface area contributed by atoms with Crippen LogP contribution in [0.3, 0.4) is 0 Å². The molecule has 0 unspecified atom stereocenters. The van der Waals surface area contributed by atoms with Crippen LogP contribution in [0.25, 0.3) is 0 Å². The van der Waals surface area contributed by atoms with E-state index < -0.39 is 30.8 Å². The van der Waals surface area contributed by atoms with E-state index in [0.717, 1.165) is 19.4 Å². The second-order valence-electron chi connectivity index (χ2n) is 6.83. The smallest absolute Gasteiger partial charge is 0.272 e. The summed E-state index contributed by atoms with van der Waals surface area (Å²) in [4.78, 5) is 14.1. The molecule has 2 aromatic heterocycles. The van der Waals surface area contributed by atoms with E-state index >= 15 is 0 Å². The fourth-order valence-electron chi connectivity index (χ4n) is 3.42. The molecule has 1 aliphatic carbocycles. The number of carbonyl (C=O) groups excluding carboxylic acids is 1. The first kappa shape index (κ1) is 16.2. The zero-order valence-electron chi connectivity index (χ0n) is 14.0. The molecule has 2 aromatic rings. The van der Waals surface area contributed by atoms with Crippen molar-refractivity contribution in [2.24, 2.45) is 5.92 Å². The topological polar surface area (TPSA) is 68.8 Å². The molecule has 0 bridgehead atoms. The lowest BCUT2D eigenvalue weighted by Crippen LogP contribution is -2.35. The van der Waals surface area contributed by atoms with Gasteiger partial charge in [0.05, 0.1) is 12.6 Å². The van der Waals surface area contributed by atoms with Crippen molar-refractivity contribution in [3.8, 4) is 0 Å². The number of alkyl halides is 2. The number of rotatable bonds is 5. The zero-order valence-corrected chi connectivity index (χ0v) is 14.0. The van der Waals surface area contributed by atoms with Crippen molar-refractivity contribution < 1.29 is 13.6 Å². The Bertz CT molecular complexity index is 781. The normalized spacial score (nSPS) is 22.5. The molecule has 2 fully saturated rings. The first-order chi connectivity index (χ1) is 12.0. The van der Waals surface area contributed by atoms with Crippen molar-refractivity contribution in [3.05, 3.63) is 30.1 Å². The summed E-state index contributed by atoms with van der Waals surface area (Å²) in [5.74, 6) is -2.38. The van der Waals surface area contributed by atoms with Gasteiger partial charge in [0.2, 0.25) is 0 Å². The van der Waals surface area contributed by atoms with Gasteiger partial charge in [0.15, 0.2) is 5.82 Å². The molecular weight excluding hydrogens is 330 g/mol. The summed E-state index contributed by atoms with van der Waals surface area (Å²) < 4.78 is 31.6. The Morgan fingerprint density at radius 3 is 2.92 bits per heavy atom. The van der Waals surface area contributed by atoms with Crippen LogP contribution in [-0.4, -0.2) is 47.8 Å². The monoisotopic (exact) mass is 350 g/mol. The molecule has 1 amide bonds. The van der Waals surface area contributed by atoms with E-state index in [-0.39, 0.29) is 0 Å². The van der Waals surface area contributed by atoms with E-state index in [1.165, 1.54) is 15.8 Å². The summed E-state index contributed by atoms with van der Waals surface area (Å²) in [6.07, 6.45) is 4.93. The van der Waals surface area contributed by atoms with Crippen LogP contribution in [0.15, 0.2) is 18.6 Å². The highest BCUT2D eigenvalue weighted by Crippen LogP contribution is 2.41. The maximum atomic E-state index is 14.2. The lowest BCUT2D eigenvalue weighted by atomic mass is 10.1. The summed E-state index contributed by atoms with van der Waals surface area (Å²) in [6, 6.07) is 0.790. The minimum atomic E-state index is -2.94. The molecule has 9 heteroatoms. The molecule has 0 N–H and O–H groups in total. The zero-order chi connectivity index (χ0) is 17.6. The minimum Gasteiger partial charge on any atom is -0.321 e. The Kier molecular flexibility index (Phi) is 3.81. The van der Waals surface area contributed by atoms with Crippen molar-refractivity contribution in [1.29, 1.82) is 0 Å². The predicted octanol–water partition coefficient (Wildman–Crippen LogP) is 2.13. The van der Waals surface area contributed by atoms with Crippen LogP contribution in [0, 0.1) is 5.92 Å². The van der Waals surface area contributed by atoms with Gasteiger partial charge in [0.1, 0.15) is 12.0 Å². The lowest BCUT2D eigenvalue weighted by molar-refractivity contribution is 0.0116. The molecule has 1 saturated carbocycles. The highest BCUT2D eigenvalue weighted by molar-refractivity contribution is 5.93. The summed E-state index contributed by atoms with van der Waals surface area (Å²) in [6.45, 7) is 2.47. The molecule has 0 radical (unpaired) electrons. The molecule has 0 spiro atoms. The van der Waals surface area contributed by atoms with Crippen LogP contribution < -0.4 is 0 Å². The quantitative estimate of drug-likeness (QED) is 0.828. The molecule has 134 valence electrons. The minimum absolute atomic E-state index is 0.318. The van der Waals surface area contributed by atoms with Gasteiger partial charge in [-0.2, -0.15) is 5.10 Å². The highest BCUT2D eigenvalue weighted by atomic mass is 19.3. The van der Waals surface area contributed by atoms with E-state index in [0.29, 0.717) is 24.0 Å². The maximum absolute atomic E-state index is 14.2. The Balaban J connectivity index is 1.65. The molecule has 3 heterocycles. The number of halogens is 2. The van der Waals surface area contributed by atoms with Crippen LogP contribution in [0.2, 0.25) is 0 Å². The molecule has 1 aliphatic heterocycles. The molecule has 1 saturated heterocycles. The molecule has 1 atom stereocenters. The number of carbonyl (C=O) groups is 1. The maximum Gasteiger partial charge on any atom is 0.272 e. The van der Waals surface area contributed by atoms with Crippen molar-refractivity contribution in [2.45, 2.75) is 51.2 Å². The van der Waals surface area contributed by atoms with Crippen LogP contribution >= 0.6 is 0 Å². The van der Waals surface area contributed by atoms with Crippen LogP contribution in [0.1, 0.15) is 48.5 Å². The largest absolute Gasteiger partial charge is 0.321 e. The van der Waals surface area contributed by atoms with Crippen molar-refractivity contribution in [2.75, 3.05) is 6.54 Å². The van der Waals surface area contributed by atoms with Gasteiger partial charge in [-0.1, -0.05) is 0 Å². The van der Waals surface area contributed by atoms with Gasteiger partial charge in [-0.15, -0.1) is 10.2 Å². The first-order valence-electron chi connectivity index (χ1n) is 8.57. The summed E-state index contributed by atoms with van der Waals surface area (Å²) in [7, 11) is 0. The third kappa shape index (κ3) is 3.03. The number of hydrogen-bond acceptors (Lipinski definition) is 4. The van der Waals surface area contributed by atoms with Gasteiger partial charge < -0.3 is 9.47 Å². The van der Waals surface area contributed by atoms with E-state index in [1.807, 2.05) is 11.5 Å². The fourth-order valence-corrected chi connectivity index (χ4v) is 3.42. The predicted molar refractivity (Wildman–Crippen MR) is 84.0 cm³/mol. The number of likely N-dealkylation sites (tertiary alicyclic amines) is 1. The van der Waals surface area contributed by atoms with Crippen molar-refractivity contribution >= 4 is 5.91 Å². The van der Waals surface area contributed by atoms with E-state index in [9.17, 15) is 13.6 Å². The van der Waals surface area contributed by atoms with Gasteiger partial charge in [0.25, 0.3) is 11.8 Å². The summed E-state index contributed by atoms with van der Waals surface area (Å²) in [5, 5.41) is 12.0. The molecule has 4 rings (SSSR count). The summed E-state index contributed by atoms with van der Waals surface area (Å²) >= 11 is 0. The third-order valence-electron chi connectivity index (χ3n) is 4.86. The molecule has 2 aliphatic rings. The first-order valence-corrected chi connectivity index (χ1v) is 8.57. The Morgan fingerprint density at radius 1 is 1.40 bits per heavy atom. The van der Waals surface area contributed by atoms with Crippen LogP contribution in [0.4, 0.5) is 8.78 Å². The van der Waals surface area contributed by atoms with Crippen molar-refractivity contribution in [1.82, 2.24) is 29.4 Å². The van der Waals surface area contributed by atoms with Gasteiger partial charge in [-0.05, 0) is 31.7 Å². The highest BCUT2D eigenvalue weighted by Gasteiger charge is 2.50. The van der Waals surface area contributed by atoms with Crippen molar-refractivity contribution in [3.63, 3.8) is 0 Å². The molecule has 7 nitrogen and oxygen atoms in total. The number of nitrogens with zero attached hydrogens (tertiary/aromatic N) is 6. The second kappa shape index (κ2) is 5.89. The average molecular weight is 350 g/mol. The van der Waals surface area contributed by atoms with Gasteiger partial charge in [-0.25, -0.2) is 8.78 Å². The summed E-state index contributed by atoms with van der Waals surface area (Å²) in [5.41, 5.74) is 0.318. The third-order valence-corrected chi connectivity index (χ3v) is 4.86. The molecule has 25 heavy (non-hydrogen) atoms. The number of aryl methyl sites for hydroxylation is 1. The number of aromatic nitrogens is 5. The SMILES string of the molecule is CCn1nccc1C(=O)N1CC(F)(F)C[C@H]1c1nncn1CC1CC1. The molecular formula is C16H20F2N6O. The Hall–Kier alpha value is -2.32. The van der Waals surface area contributed by atoms with Crippen LogP contribution in [0.5, 0.6) is 0 Å². The lowest BCUT2D eigenvalue weighted by Gasteiger charge is -2.24. The van der Waals surface area contributed by atoms with E-state index in [4.69, 9.17) is 0 Å². The van der Waals surface area contributed by atoms with Gasteiger partial charge >= 0.3 is 0 Å².